The molecule has 0 saturated carbocycles. The predicted molar refractivity (Wildman–Crippen MR) is 53.1 cm³/mol. The first-order chi connectivity index (χ1) is 5.81. The summed E-state index contributed by atoms with van der Waals surface area (Å²) in [6.45, 7) is 8.02. The van der Waals surface area contributed by atoms with Gasteiger partial charge in [0.25, 0.3) is 0 Å². The van der Waals surface area contributed by atoms with Crippen LogP contribution in [0.5, 0.6) is 0 Å². The Hall–Kier alpha value is -1.11. The second kappa shape index (κ2) is 4.05. The first-order valence-electron chi connectivity index (χ1n) is 4.42. The van der Waals surface area contributed by atoms with Gasteiger partial charge in [0.15, 0.2) is 0 Å². The van der Waals surface area contributed by atoms with E-state index in [1.807, 2.05) is 12.3 Å². The Balaban J connectivity index is 3.10. The Kier molecular flexibility index (Phi) is 3.03. The smallest absolute Gasteiger partial charge is 0.0655 e. The molecule has 1 aromatic rings. The fourth-order valence-corrected chi connectivity index (χ4v) is 1.23. The van der Waals surface area contributed by atoms with E-state index >= 15 is 0 Å². The van der Waals surface area contributed by atoms with E-state index in [1.165, 1.54) is 11.1 Å². The zero-order valence-corrected chi connectivity index (χ0v) is 7.80. The molecule has 1 heterocycles. The van der Waals surface area contributed by atoms with Crippen LogP contribution in [0.15, 0.2) is 18.8 Å². The van der Waals surface area contributed by atoms with Crippen molar-refractivity contribution in [2.45, 2.75) is 26.7 Å². The molecule has 0 aliphatic carbocycles. The lowest BCUT2D eigenvalue weighted by Crippen LogP contribution is -1.93. The lowest BCUT2D eigenvalue weighted by molar-refractivity contribution is 1.03. The molecule has 1 nitrogen and oxygen atoms in total. The second-order valence-electron chi connectivity index (χ2n) is 2.80. The molecule has 0 fully saturated rings. The lowest BCUT2D eigenvalue weighted by Gasteiger charge is -2.03. The van der Waals surface area contributed by atoms with Crippen molar-refractivity contribution in [3.63, 3.8) is 0 Å². The highest BCUT2D eigenvalue weighted by molar-refractivity contribution is 5.47. The van der Waals surface area contributed by atoms with Gasteiger partial charge >= 0.3 is 0 Å². The highest BCUT2D eigenvalue weighted by Crippen LogP contribution is 2.11. The molecule has 0 N–H and O–H groups in total. The summed E-state index contributed by atoms with van der Waals surface area (Å²) in [6, 6.07) is 2.21. The molecule has 1 aromatic heterocycles. The molecule has 0 aliphatic rings. The van der Waals surface area contributed by atoms with Gasteiger partial charge in [-0.25, -0.2) is 0 Å². The zero-order valence-electron chi connectivity index (χ0n) is 7.80. The van der Waals surface area contributed by atoms with Gasteiger partial charge in [-0.05, 0) is 30.0 Å². The molecule has 0 aliphatic heterocycles. The minimum atomic E-state index is 1.02. The summed E-state index contributed by atoms with van der Waals surface area (Å²) in [4.78, 5) is 4.32. The number of nitrogens with zero attached hydrogens (tertiary/aromatic N) is 1. The quantitative estimate of drug-likeness (QED) is 0.664. The highest BCUT2D eigenvalue weighted by atomic mass is 14.7. The zero-order chi connectivity index (χ0) is 8.97. The Labute approximate surface area is 74.2 Å². The molecule has 0 atom stereocenters. The number of aromatic nitrogens is 1. The first-order valence-corrected chi connectivity index (χ1v) is 4.42. The van der Waals surface area contributed by atoms with Gasteiger partial charge in [0.1, 0.15) is 0 Å². The minimum Gasteiger partial charge on any atom is -0.256 e. The van der Waals surface area contributed by atoms with Crippen LogP contribution >= 0.6 is 0 Å². The molecule has 12 heavy (non-hydrogen) atoms. The summed E-state index contributed by atoms with van der Waals surface area (Å²) in [6.07, 6.45) is 5.83. The third-order valence-corrected chi connectivity index (χ3v) is 2.04. The summed E-state index contributed by atoms with van der Waals surface area (Å²) in [7, 11) is 0. The van der Waals surface area contributed by atoms with E-state index in [0.717, 1.165) is 18.5 Å². The van der Waals surface area contributed by atoms with Gasteiger partial charge in [-0.3, -0.25) is 4.98 Å². The van der Waals surface area contributed by atoms with Gasteiger partial charge in [-0.1, -0.05) is 26.5 Å². The van der Waals surface area contributed by atoms with Gasteiger partial charge < -0.3 is 0 Å². The van der Waals surface area contributed by atoms with Crippen LogP contribution in [0.2, 0.25) is 0 Å². The van der Waals surface area contributed by atoms with Crippen LogP contribution in [0.4, 0.5) is 0 Å². The third kappa shape index (κ3) is 1.73. The number of rotatable bonds is 3. The monoisotopic (exact) mass is 161 g/mol. The van der Waals surface area contributed by atoms with Crippen molar-refractivity contribution in [1.82, 2.24) is 4.98 Å². The lowest BCUT2D eigenvalue weighted by atomic mass is 10.1. The van der Waals surface area contributed by atoms with Gasteiger partial charge in [0.05, 0.1) is 5.69 Å². The van der Waals surface area contributed by atoms with Gasteiger partial charge in [-0.2, -0.15) is 0 Å². The number of aryl methyl sites for hydroxylation is 2. The largest absolute Gasteiger partial charge is 0.256 e. The van der Waals surface area contributed by atoms with Crippen LogP contribution in [-0.2, 0) is 12.8 Å². The predicted octanol–water partition coefficient (Wildman–Crippen LogP) is 2.85. The highest BCUT2D eigenvalue weighted by Gasteiger charge is 1.98. The van der Waals surface area contributed by atoms with E-state index in [9.17, 15) is 0 Å². The molecule has 0 amide bonds. The van der Waals surface area contributed by atoms with E-state index in [1.54, 1.807) is 0 Å². The fraction of sp³-hybridized carbons (Fsp3) is 0.364. The molecule has 1 rings (SSSR count). The molecule has 0 bridgehead atoms. The van der Waals surface area contributed by atoms with Crippen LogP contribution in [-0.4, -0.2) is 4.98 Å². The maximum Gasteiger partial charge on any atom is 0.0655 e. The van der Waals surface area contributed by atoms with Crippen molar-refractivity contribution in [1.29, 1.82) is 0 Å². The molecular formula is C11H15N. The molecule has 1 heteroatoms. The van der Waals surface area contributed by atoms with Crippen molar-refractivity contribution < 1.29 is 0 Å². The Bertz CT molecular complexity index is 276. The molecule has 0 spiro atoms. The Morgan fingerprint density at radius 2 is 2.17 bits per heavy atom. The topological polar surface area (TPSA) is 12.9 Å². The standard InChI is InChI=1S/C11H15N/c1-4-9-7-10(5-2)11(6-3)12-8-9/h6-8H,3-5H2,1-2H3. The van der Waals surface area contributed by atoms with Gasteiger partial charge in [-0.15, -0.1) is 0 Å². The number of pyridine rings is 1. The normalized spacial score (nSPS) is 9.83. The van der Waals surface area contributed by atoms with Crippen molar-refractivity contribution in [3.05, 3.63) is 35.7 Å². The summed E-state index contributed by atoms with van der Waals surface area (Å²) < 4.78 is 0. The minimum absolute atomic E-state index is 1.02. The van der Waals surface area contributed by atoms with Crippen molar-refractivity contribution in [2.75, 3.05) is 0 Å². The maximum absolute atomic E-state index is 4.32. The van der Waals surface area contributed by atoms with Crippen LogP contribution < -0.4 is 0 Å². The molecule has 0 saturated heterocycles. The average molecular weight is 161 g/mol. The number of hydrogen-bond acceptors (Lipinski definition) is 1. The maximum atomic E-state index is 4.32. The summed E-state index contributed by atoms with van der Waals surface area (Å²) in [5, 5.41) is 0. The summed E-state index contributed by atoms with van der Waals surface area (Å²) in [5.74, 6) is 0. The fourth-order valence-electron chi connectivity index (χ4n) is 1.23. The second-order valence-corrected chi connectivity index (χ2v) is 2.80. The SMILES string of the molecule is C=Cc1ncc(CC)cc1CC. The molecule has 0 unspecified atom stereocenters. The van der Waals surface area contributed by atoms with Crippen molar-refractivity contribution >= 4 is 6.08 Å². The Morgan fingerprint density at radius 1 is 1.42 bits per heavy atom. The van der Waals surface area contributed by atoms with Crippen LogP contribution in [0.3, 0.4) is 0 Å². The van der Waals surface area contributed by atoms with E-state index in [4.69, 9.17) is 0 Å². The summed E-state index contributed by atoms with van der Waals surface area (Å²) >= 11 is 0. The van der Waals surface area contributed by atoms with E-state index in [-0.39, 0.29) is 0 Å². The van der Waals surface area contributed by atoms with Crippen molar-refractivity contribution in [2.24, 2.45) is 0 Å². The average Bonchev–Trinajstić information content (AvgIpc) is 2.16. The van der Waals surface area contributed by atoms with Gasteiger partial charge in [0, 0.05) is 6.20 Å². The molecule has 0 aromatic carbocycles. The summed E-state index contributed by atoms with van der Waals surface area (Å²) in [5.41, 5.74) is 3.62. The van der Waals surface area contributed by atoms with Crippen LogP contribution in [0.1, 0.15) is 30.7 Å². The van der Waals surface area contributed by atoms with Crippen LogP contribution in [0, 0.1) is 0 Å². The Morgan fingerprint density at radius 3 is 2.67 bits per heavy atom. The van der Waals surface area contributed by atoms with E-state index in [2.05, 4.69) is 31.5 Å². The van der Waals surface area contributed by atoms with Gasteiger partial charge in [0.2, 0.25) is 0 Å². The first kappa shape index (κ1) is 8.98. The van der Waals surface area contributed by atoms with E-state index < -0.39 is 0 Å². The van der Waals surface area contributed by atoms with Crippen molar-refractivity contribution in [3.8, 4) is 0 Å². The third-order valence-electron chi connectivity index (χ3n) is 2.04. The molecule has 0 radical (unpaired) electrons. The molecular weight excluding hydrogens is 146 g/mol. The van der Waals surface area contributed by atoms with Crippen LogP contribution in [0.25, 0.3) is 6.08 Å². The molecule has 64 valence electrons. The number of hydrogen-bond donors (Lipinski definition) is 0. The van der Waals surface area contributed by atoms with E-state index in [0.29, 0.717) is 0 Å².